The van der Waals surface area contributed by atoms with Crippen molar-refractivity contribution in [2.24, 2.45) is 5.92 Å². The van der Waals surface area contributed by atoms with E-state index in [4.69, 9.17) is 0 Å². The third-order valence-corrected chi connectivity index (χ3v) is 3.04. The van der Waals surface area contributed by atoms with Crippen LogP contribution >= 0.6 is 0 Å². The van der Waals surface area contributed by atoms with Crippen molar-refractivity contribution in [2.75, 3.05) is 13.1 Å². The van der Waals surface area contributed by atoms with Crippen LogP contribution < -0.4 is 10.9 Å². The maximum atomic E-state index is 11.6. The molecule has 1 aromatic heterocycles. The lowest BCUT2D eigenvalue weighted by Gasteiger charge is -2.23. The molecule has 3 heteroatoms. The number of piperidine rings is 1. The predicted octanol–water partition coefficient (Wildman–Crippen LogP) is 1.16. The summed E-state index contributed by atoms with van der Waals surface area (Å²) in [7, 11) is 0. The van der Waals surface area contributed by atoms with Gasteiger partial charge in [-0.05, 0) is 44.3 Å². The Morgan fingerprint density at radius 2 is 2.13 bits per heavy atom. The average molecular weight is 206 g/mol. The molecular formula is C12H18N2O. The molecule has 0 amide bonds. The molecule has 82 valence electrons. The molecule has 2 heterocycles. The summed E-state index contributed by atoms with van der Waals surface area (Å²) in [4.78, 5) is 11.6. The zero-order valence-corrected chi connectivity index (χ0v) is 9.20. The van der Waals surface area contributed by atoms with Gasteiger partial charge in [-0.2, -0.15) is 0 Å². The molecule has 0 atom stereocenters. The highest BCUT2D eigenvalue weighted by molar-refractivity contribution is 5.07. The fourth-order valence-electron chi connectivity index (χ4n) is 2.14. The number of nitrogens with zero attached hydrogens (tertiary/aromatic N) is 1. The van der Waals surface area contributed by atoms with Crippen LogP contribution in [0.15, 0.2) is 23.1 Å². The predicted molar refractivity (Wildman–Crippen MR) is 61.0 cm³/mol. The van der Waals surface area contributed by atoms with Gasteiger partial charge in [0, 0.05) is 18.8 Å². The van der Waals surface area contributed by atoms with E-state index in [1.807, 2.05) is 23.8 Å². The standard InChI is InChI=1S/C12H18N2O/c1-10-2-3-12(15)14(8-10)9-11-4-6-13-7-5-11/h2-3,8,11,13H,4-7,9H2,1H3. The molecule has 3 nitrogen and oxygen atoms in total. The Bertz CT molecular complexity index is 377. The summed E-state index contributed by atoms with van der Waals surface area (Å²) >= 11 is 0. The van der Waals surface area contributed by atoms with E-state index in [0.717, 1.165) is 25.2 Å². The molecule has 1 fully saturated rings. The number of hydrogen-bond donors (Lipinski definition) is 1. The van der Waals surface area contributed by atoms with E-state index in [1.165, 1.54) is 12.8 Å². The Morgan fingerprint density at radius 1 is 1.40 bits per heavy atom. The largest absolute Gasteiger partial charge is 0.317 e. The van der Waals surface area contributed by atoms with Crippen molar-refractivity contribution in [3.8, 4) is 0 Å². The van der Waals surface area contributed by atoms with Gasteiger partial charge in [0.05, 0.1) is 0 Å². The van der Waals surface area contributed by atoms with Crippen molar-refractivity contribution in [1.29, 1.82) is 0 Å². The molecule has 0 saturated carbocycles. The van der Waals surface area contributed by atoms with Gasteiger partial charge in [0.2, 0.25) is 0 Å². The van der Waals surface area contributed by atoms with Gasteiger partial charge in [-0.15, -0.1) is 0 Å². The highest BCUT2D eigenvalue weighted by Gasteiger charge is 2.13. The minimum atomic E-state index is 0.124. The smallest absolute Gasteiger partial charge is 0.250 e. The Hall–Kier alpha value is -1.09. The summed E-state index contributed by atoms with van der Waals surface area (Å²) in [5, 5.41) is 3.34. The molecule has 0 aliphatic carbocycles. The van der Waals surface area contributed by atoms with Crippen LogP contribution in [0.3, 0.4) is 0 Å². The Labute approximate surface area is 90.1 Å². The van der Waals surface area contributed by atoms with Gasteiger partial charge in [0.1, 0.15) is 0 Å². The second-order valence-electron chi connectivity index (χ2n) is 4.39. The van der Waals surface area contributed by atoms with Crippen LogP contribution in [0.2, 0.25) is 0 Å². The van der Waals surface area contributed by atoms with Crippen LogP contribution in [0, 0.1) is 12.8 Å². The molecule has 1 aromatic rings. The normalized spacial score (nSPS) is 17.9. The average Bonchev–Trinajstić information content (AvgIpc) is 2.25. The van der Waals surface area contributed by atoms with Crippen LogP contribution in [0.1, 0.15) is 18.4 Å². The lowest BCUT2D eigenvalue weighted by molar-refractivity contribution is 0.329. The second kappa shape index (κ2) is 4.62. The molecule has 1 saturated heterocycles. The van der Waals surface area contributed by atoms with Gasteiger partial charge >= 0.3 is 0 Å². The van der Waals surface area contributed by atoms with Gasteiger partial charge in [0.25, 0.3) is 5.56 Å². The van der Waals surface area contributed by atoms with E-state index in [-0.39, 0.29) is 5.56 Å². The minimum Gasteiger partial charge on any atom is -0.317 e. The number of aryl methyl sites for hydroxylation is 1. The zero-order chi connectivity index (χ0) is 10.7. The maximum absolute atomic E-state index is 11.6. The van der Waals surface area contributed by atoms with Gasteiger partial charge in [-0.1, -0.05) is 6.07 Å². The number of rotatable bonds is 2. The zero-order valence-electron chi connectivity index (χ0n) is 9.20. The van der Waals surface area contributed by atoms with E-state index < -0.39 is 0 Å². The molecule has 1 N–H and O–H groups in total. The monoisotopic (exact) mass is 206 g/mol. The van der Waals surface area contributed by atoms with Gasteiger partial charge in [-0.3, -0.25) is 4.79 Å². The highest BCUT2D eigenvalue weighted by Crippen LogP contribution is 2.13. The van der Waals surface area contributed by atoms with Gasteiger partial charge in [0.15, 0.2) is 0 Å². The first-order valence-corrected chi connectivity index (χ1v) is 5.63. The maximum Gasteiger partial charge on any atom is 0.250 e. The van der Waals surface area contributed by atoms with E-state index in [0.29, 0.717) is 5.92 Å². The first-order valence-electron chi connectivity index (χ1n) is 5.63. The Morgan fingerprint density at radius 3 is 2.87 bits per heavy atom. The Kier molecular flexibility index (Phi) is 3.21. The topological polar surface area (TPSA) is 34.0 Å². The van der Waals surface area contributed by atoms with Crippen molar-refractivity contribution in [3.05, 3.63) is 34.2 Å². The third kappa shape index (κ3) is 2.69. The van der Waals surface area contributed by atoms with Crippen LogP contribution in [-0.4, -0.2) is 17.7 Å². The molecular weight excluding hydrogens is 188 g/mol. The van der Waals surface area contributed by atoms with Gasteiger partial charge < -0.3 is 9.88 Å². The summed E-state index contributed by atoms with van der Waals surface area (Å²) in [5.41, 5.74) is 1.28. The summed E-state index contributed by atoms with van der Waals surface area (Å²) in [6, 6.07) is 3.54. The molecule has 0 spiro atoms. The fraction of sp³-hybridized carbons (Fsp3) is 0.583. The summed E-state index contributed by atoms with van der Waals surface area (Å²) in [6.07, 6.45) is 4.32. The van der Waals surface area contributed by atoms with Crippen molar-refractivity contribution in [3.63, 3.8) is 0 Å². The molecule has 0 radical (unpaired) electrons. The highest BCUT2D eigenvalue weighted by atomic mass is 16.1. The fourth-order valence-corrected chi connectivity index (χ4v) is 2.14. The number of pyridine rings is 1. The molecule has 0 aromatic carbocycles. The van der Waals surface area contributed by atoms with Crippen LogP contribution in [0.25, 0.3) is 0 Å². The summed E-state index contributed by atoms with van der Waals surface area (Å²) in [5.74, 6) is 0.658. The molecule has 15 heavy (non-hydrogen) atoms. The third-order valence-electron chi connectivity index (χ3n) is 3.04. The number of hydrogen-bond acceptors (Lipinski definition) is 2. The van der Waals surface area contributed by atoms with E-state index in [2.05, 4.69) is 5.32 Å². The lowest BCUT2D eigenvalue weighted by atomic mass is 9.98. The lowest BCUT2D eigenvalue weighted by Crippen LogP contribution is -2.32. The first-order chi connectivity index (χ1) is 7.25. The summed E-state index contributed by atoms with van der Waals surface area (Å²) in [6.45, 7) is 5.08. The van der Waals surface area contributed by atoms with Crippen molar-refractivity contribution in [2.45, 2.75) is 26.3 Å². The molecule has 2 rings (SSSR count). The minimum absolute atomic E-state index is 0.124. The molecule has 1 aliphatic rings. The van der Waals surface area contributed by atoms with E-state index >= 15 is 0 Å². The number of aromatic nitrogens is 1. The second-order valence-corrected chi connectivity index (χ2v) is 4.39. The van der Waals surface area contributed by atoms with Crippen LogP contribution in [0.5, 0.6) is 0 Å². The molecule has 0 bridgehead atoms. The Balaban J connectivity index is 2.09. The molecule has 0 unspecified atom stereocenters. The molecule has 1 aliphatic heterocycles. The summed E-state index contributed by atoms with van der Waals surface area (Å²) < 4.78 is 1.85. The van der Waals surface area contributed by atoms with Crippen molar-refractivity contribution < 1.29 is 0 Å². The quantitative estimate of drug-likeness (QED) is 0.787. The SMILES string of the molecule is Cc1ccc(=O)n(CC2CCNCC2)c1. The van der Waals surface area contributed by atoms with Crippen molar-refractivity contribution in [1.82, 2.24) is 9.88 Å². The van der Waals surface area contributed by atoms with E-state index in [9.17, 15) is 4.79 Å². The van der Waals surface area contributed by atoms with Crippen LogP contribution in [0.4, 0.5) is 0 Å². The first kappa shape index (κ1) is 10.4. The van der Waals surface area contributed by atoms with Crippen molar-refractivity contribution >= 4 is 0 Å². The van der Waals surface area contributed by atoms with Crippen LogP contribution in [-0.2, 0) is 6.54 Å². The van der Waals surface area contributed by atoms with E-state index in [1.54, 1.807) is 6.07 Å². The number of nitrogens with one attached hydrogen (secondary N) is 1. The van der Waals surface area contributed by atoms with Gasteiger partial charge in [-0.25, -0.2) is 0 Å².